The molecule has 0 N–H and O–H groups in total. The molecule has 4 rings (SSSR count). The number of fused-ring (bicyclic) bond motifs is 1. The van der Waals surface area contributed by atoms with Gasteiger partial charge in [-0.2, -0.15) is 0 Å². The highest BCUT2D eigenvalue weighted by Gasteiger charge is 2.26. The van der Waals surface area contributed by atoms with E-state index in [0.717, 1.165) is 22.4 Å². The summed E-state index contributed by atoms with van der Waals surface area (Å²) in [5.74, 6) is 0.369. The molecular weight excluding hydrogens is 340 g/mol. The van der Waals surface area contributed by atoms with E-state index in [1.54, 1.807) is 7.11 Å². The summed E-state index contributed by atoms with van der Waals surface area (Å²) in [6.07, 6.45) is 4.46. The van der Waals surface area contributed by atoms with Crippen LogP contribution in [0.3, 0.4) is 0 Å². The molecule has 0 atom stereocenters. The van der Waals surface area contributed by atoms with Gasteiger partial charge in [0.2, 0.25) is 5.78 Å². The Kier molecular flexibility index (Phi) is 4.34. The fourth-order valence-corrected chi connectivity index (χ4v) is 3.11. The van der Waals surface area contributed by atoms with Gasteiger partial charge >= 0.3 is 0 Å². The topological polar surface area (TPSA) is 69.2 Å². The Balaban J connectivity index is 1.55. The van der Waals surface area contributed by atoms with Crippen LogP contribution < -0.4 is 4.74 Å². The van der Waals surface area contributed by atoms with Gasteiger partial charge < -0.3 is 4.74 Å². The molecule has 1 aliphatic rings. The minimum atomic E-state index is -0.253. The van der Waals surface area contributed by atoms with Crippen LogP contribution in [0.1, 0.15) is 26.4 Å². The van der Waals surface area contributed by atoms with Crippen LogP contribution in [0.15, 0.2) is 72.7 Å². The van der Waals surface area contributed by atoms with E-state index >= 15 is 0 Å². The molecule has 0 fully saturated rings. The van der Waals surface area contributed by atoms with E-state index in [4.69, 9.17) is 4.74 Å². The average molecular weight is 356 g/mol. The van der Waals surface area contributed by atoms with Crippen molar-refractivity contribution >= 4 is 11.6 Å². The van der Waals surface area contributed by atoms with E-state index in [9.17, 15) is 9.59 Å². The third kappa shape index (κ3) is 3.27. The lowest BCUT2D eigenvalue weighted by Crippen LogP contribution is -2.20. The molecule has 1 heterocycles. The van der Waals surface area contributed by atoms with Gasteiger partial charge in [0.15, 0.2) is 5.78 Å². The number of rotatable bonds is 4. The van der Waals surface area contributed by atoms with Crippen LogP contribution in [0.5, 0.6) is 5.75 Å². The van der Waals surface area contributed by atoms with Crippen molar-refractivity contribution < 1.29 is 14.3 Å². The number of aromatic nitrogens is 2. The van der Waals surface area contributed by atoms with Crippen molar-refractivity contribution in [2.75, 3.05) is 7.11 Å². The molecule has 27 heavy (non-hydrogen) atoms. The quantitative estimate of drug-likeness (QED) is 0.713. The Morgan fingerprint density at radius 1 is 0.926 bits per heavy atom. The number of allylic oxidation sites excluding steroid dienone is 2. The lowest BCUT2D eigenvalue weighted by molar-refractivity contribution is 0.0978. The first-order chi connectivity index (χ1) is 13.2. The average Bonchev–Trinajstić information content (AvgIpc) is 2.72. The minimum absolute atomic E-state index is 0.175. The second kappa shape index (κ2) is 6.96. The highest BCUT2D eigenvalue weighted by molar-refractivity contribution is 6.23. The molecule has 3 aromatic rings. The fraction of sp³-hybridized carbons (Fsp3) is 0.0909. The summed E-state index contributed by atoms with van der Waals surface area (Å²) >= 11 is 0. The van der Waals surface area contributed by atoms with Crippen molar-refractivity contribution in [2.24, 2.45) is 0 Å². The third-order valence-electron chi connectivity index (χ3n) is 4.56. The zero-order valence-electron chi connectivity index (χ0n) is 14.7. The molecule has 5 heteroatoms. The Bertz CT molecular complexity index is 1050. The smallest absolute Gasteiger partial charge is 0.205 e. The van der Waals surface area contributed by atoms with Gasteiger partial charge in [0, 0.05) is 18.2 Å². The Hall–Kier alpha value is -3.60. The maximum atomic E-state index is 12.6. The molecule has 0 saturated carbocycles. The number of hydrogen-bond donors (Lipinski definition) is 0. The molecule has 0 spiro atoms. The van der Waals surface area contributed by atoms with E-state index in [1.807, 2.05) is 48.5 Å². The van der Waals surface area contributed by atoms with Crippen LogP contribution in [0.4, 0.5) is 0 Å². The van der Waals surface area contributed by atoms with E-state index in [2.05, 4.69) is 9.97 Å². The maximum Gasteiger partial charge on any atom is 0.205 e. The number of benzene rings is 2. The maximum absolute atomic E-state index is 12.6. The summed E-state index contributed by atoms with van der Waals surface area (Å²) in [6, 6.07) is 15.8. The van der Waals surface area contributed by atoms with Gasteiger partial charge in [0.1, 0.15) is 17.8 Å². The summed E-state index contributed by atoms with van der Waals surface area (Å²) in [4.78, 5) is 32.6. The summed E-state index contributed by atoms with van der Waals surface area (Å²) in [7, 11) is 1.64. The van der Waals surface area contributed by atoms with Crippen molar-refractivity contribution in [2.45, 2.75) is 6.42 Å². The van der Waals surface area contributed by atoms with Crippen LogP contribution in [0.2, 0.25) is 0 Å². The zero-order chi connectivity index (χ0) is 18.8. The van der Waals surface area contributed by atoms with Gasteiger partial charge in [-0.1, -0.05) is 36.4 Å². The first-order valence-corrected chi connectivity index (χ1v) is 8.48. The van der Waals surface area contributed by atoms with Gasteiger partial charge in [0.25, 0.3) is 0 Å². The van der Waals surface area contributed by atoms with E-state index in [1.165, 1.54) is 18.6 Å². The van der Waals surface area contributed by atoms with Crippen LogP contribution in [0, 0.1) is 0 Å². The van der Waals surface area contributed by atoms with Gasteiger partial charge in [0.05, 0.1) is 12.7 Å². The van der Waals surface area contributed by atoms with Crippen LogP contribution in [-0.2, 0) is 6.42 Å². The Morgan fingerprint density at radius 3 is 2.26 bits per heavy atom. The lowest BCUT2D eigenvalue weighted by atomic mass is 9.90. The largest absolute Gasteiger partial charge is 0.497 e. The SMILES string of the molecule is COc1ccc(-c2ccc(CC3=CC(=O)c4ncncc4C3=O)cc2)cc1. The van der Waals surface area contributed by atoms with E-state index in [0.29, 0.717) is 12.0 Å². The molecule has 0 radical (unpaired) electrons. The third-order valence-corrected chi connectivity index (χ3v) is 4.56. The van der Waals surface area contributed by atoms with Crippen LogP contribution >= 0.6 is 0 Å². The predicted molar refractivity (Wildman–Crippen MR) is 101 cm³/mol. The number of carbonyl (C=O) groups is 2. The van der Waals surface area contributed by atoms with Crippen LogP contribution in [-0.4, -0.2) is 28.6 Å². The van der Waals surface area contributed by atoms with Crippen molar-refractivity contribution in [1.29, 1.82) is 0 Å². The standard InChI is InChI=1S/C22H16N2O3/c1-27-18-8-6-16(7-9-18)15-4-2-14(3-5-15)10-17-11-20(25)21-19(22(17)26)12-23-13-24-21/h2-9,11-13H,10H2,1H3. The Morgan fingerprint density at radius 2 is 1.59 bits per heavy atom. The molecule has 132 valence electrons. The number of methoxy groups -OCH3 is 1. The number of Topliss-reactive ketones (excluding diaryl/α,β-unsaturated/α-hetero) is 1. The number of nitrogens with zero attached hydrogens (tertiary/aromatic N) is 2. The number of carbonyl (C=O) groups excluding carboxylic acids is 2. The van der Waals surface area contributed by atoms with Crippen molar-refractivity contribution in [1.82, 2.24) is 9.97 Å². The molecule has 0 saturated heterocycles. The van der Waals surface area contributed by atoms with Gasteiger partial charge in [-0.3, -0.25) is 9.59 Å². The second-order valence-electron chi connectivity index (χ2n) is 6.25. The van der Waals surface area contributed by atoms with E-state index < -0.39 is 0 Å². The predicted octanol–water partition coefficient (Wildman–Crippen LogP) is 3.70. The van der Waals surface area contributed by atoms with Gasteiger partial charge in [-0.05, 0) is 34.9 Å². The molecule has 0 bridgehead atoms. The highest BCUT2D eigenvalue weighted by atomic mass is 16.5. The highest BCUT2D eigenvalue weighted by Crippen LogP contribution is 2.25. The first-order valence-electron chi connectivity index (χ1n) is 8.48. The van der Waals surface area contributed by atoms with Crippen molar-refractivity contribution in [3.63, 3.8) is 0 Å². The minimum Gasteiger partial charge on any atom is -0.497 e. The molecule has 2 aromatic carbocycles. The van der Waals surface area contributed by atoms with E-state index in [-0.39, 0.29) is 22.8 Å². The summed E-state index contributed by atoms with van der Waals surface area (Å²) < 4.78 is 5.18. The molecule has 0 unspecified atom stereocenters. The fourth-order valence-electron chi connectivity index (χ4n) is 3.11. The van der Waals surface area contributed by atoms with Crippen LogP contribution in [0.25, 0.3) is 11.1 Å². The van der Waals surface area contributed by atoms with Crippen molar-refractivity contribution in [3.05, 3.63) is 89.5 Å². The number of hydrogen-bond acceptors (Lipinski definition) is 5. The summed E-state index contributed by atoms with van der Waals surface area (Å²) in [6.45, 7) is 0. The second-order valence-corrected chi connectivity index (χ2v) is 6.25. The van der Waals surface area contributed by atoms with Gasteiger partial charge in [-0.15, -0.1) is 0 Å². The van der Waals surface area contributed by atoms with Gasteiger partial charge in [-0.25, -0.2) is 9.97 Å². The van der Waals surface area contributed by atoms with Crippen molar-refractivity contribution in [3.8, 4) is 16.9 Å². The number of ketones is 2. The molecular formula is C22H16N2O3. The first kappa shape index (κ1) is 16.8. The summed E-state index contributed by atoms with van der Waals surface area (Å²) in [5, 5.41) is 0. The normalized spacial score (nSPS) is 13.1. The molecule has 1 aromatic heterocycles. The molecule has 0 aliphatic heterocycles. The molecule has 1 aliphatic carbocycles. The Labute approximate surface area is 156 Å². The zero-order valence-corrected chi connectivity index (χ0v) is 14.7. The summed E-state index contributed by atoms with van der Waals surface area (Å²) in [5.41, 5.74) is 4.01. The molecule has 0 amide bonds. The monoisotopic (exact) mass is 356 g/mol. The lowest BCUT2D eigenvalue weighted by Gasteiger charge is -2.14. The number of ether oxygens (including phenoxy) is 1. The molecule has 5 nitrogen and oxygen atoms in total.